The first kappa shape index (κ1) is 14.6. The molecule has 1 spiro atoms. The van der Waals surface area contributed by atoms with E-state index >= 15 is 0 Å². The van der Waals surface area contributed by atoms with E-state index in [1.165, 1.54) is 6.07 Å². The quantitative estimate of drug-likeness (QED) is 0.929. The Morgan fingerprint density at radius 3 is 3.00 bits per heavy atom. The van der Waals surface area contributed by atoms with Gasteiger partial charge in [0.15, 0.2) is 0 Å². The number of hydrogen-bond donors (Lipinski definition) is 1. The van der Waals surface area contributed by atoms with Crippen LogP contribution in [0.5, 0.6) is 5.75 Å². The van der Waals surface area contributed by atoms with E-state index in [1.807, 2.05) is 0 Å². The third-order valence-corrected chi connectivity index (χ3v) is 4.32. The van der Waals surface area contributed by atoms with Gasteiger partial charge >= 0.3 is 5.97 Å². The second-order valence-corrected chi connectivity index (χ2v) is 5.92. The minimum atomic E-state index is -1.06. The molecule has 2 aliphatic heterocycles. The number of aromatic carboxylic acids is 1. The van der Waals surface area contributed by atoms with E-state index in [0.29, 0.717) is 19.0 Å². The van der Waals surface area contributed by atoms with Crippen molar-refractivity contribution in [2.45, 2.75) is 31.0 Å². The summed E-state index contributed by atoms with van der Waals surface area (Å²) in [5, 5.41) is 9.30. The van der Waals surface area contributed by atoms with E-state index < -0.39 is 5.97 Å². The van der Waals surface area contributed by atoms with Crippen molar-refractivity contribution in [3.8, 4) is 5.75 Å². The number of carboxylic acids is 1. The van der Waals surface area contributed by atoms with Crippen LogP contribution in [-0.4, -0.2) is 42.6 Å². The van der Waals surface area contributed by atoms with Crippen LogP contribution in [0, 0.1) is 0 Å². The fourth-order valence-corrected chi connectivity index (χ4v) is 3.08. The molecule has 1 aromatic carbocycles. The van der Waals surface area contributed by atoms with Crippen molar-refractivity contribution >= 4 is 17.6 Å². The van der Waals surface area contributed by atoms with Gasteiger partial charge in [0.05, 0.1) is 29.4 Å². The molecule has 0 aliphatic carbocycles. The van der Waals surface area contributed by atoms with Gasteiger partial charge < -0.3 is 19.3 Å². The van der Waals surface area contributed by atoms with Gasteiger partial charge in [-0.3, -0.25) is 0 Å². The van der Waals surface area contributed by atoms with Gasteiger partial charge in [-0.05, 0) is 18.2 Å². The molecule has 0 radical (unpaired) electrons. The third-order valence-electron chi connectivity index (χ3n) is 3.99. The monoisotopic (exact) mass is 312 g/mol. The summed E-state index contributed by atoms with van der Waals surface area (Å²) in [5.74, 6) is -0.532. The molecule has 2 atom stereocenters. The molecule has 0 saturated carbocycles. The molecular weight excluding hydrogens is 296 g/mol. The molecular formula is C15H17ClO5. The molecule has 0 amide bonds. The number of carboxylic acid groups (broad SMARTS) is 1. The van der Waals surface area contributed by atoms with Crippen LogP contribution < -0.4 is 4.74 Å². The molecule has 2 unspecified atom stereocenters. The van der Waals surface area contributed by atoms with Crippen molar-refractivity contribution in [3.05, 3.63) is 28.8 Å². The van der Waals surface area contributed by atoms with E-state index in [9.17, 15) is 4.79 Å². The maximum atomic E-state index is 11.1. The molecule has 1 aromatic rings. The first-order chi connectivity index (χ1) is 10.1. The summed E-state index contributed by atoms with van der Waals surface area (Å²) in [4.78, 5) is 11.1. The fourth-order valence-electron chi connectivity index (χ4n) is 2.88. The highest BCUT2D eigenvalue weighted by atomic mass is 35.5. The van der Waals surface area contributed by atoms with Crippen LogP contribution >= 0.6 is 11.6 Å². The summed E-state index contributed by atoms with van der Waals surface area (Å²) in [6.07, 6.45) is 2.43. The molecule has 0 bridgehead atoms. The predicted molar refractivity (Wildman–Crippen MR) is 76.2 cm³/mol. The van der Waals surface area contributed by atoms with Crippen LogP contribution in [0.1, 0.15) is 29.6 Å². The predicted octanol–water partition coefficient (Wildman–Crippen LogP) is 2.76. The number of rotatable bonds is 3. The van der Waals surface area contributed by atoms with Crippen molar-refractivity contribution in [3.63, 3.8) is 0 Å². The molecule has 2 aliphatic rings. The maximum Gasteiger partial charge on any atom is 0.337 e. The average molecular weight is 313 g/mol. The molecule has 114 valence electrons. The number of carbonyl (C=O) groups is 1. The van der Waals surface area contributed by atoms with Gasteiger partial charge in [-0.2, -0.15) is 0 Å². The van der Waals surface area contributed by atoms with Crippen LogP contribution in [0.3, 0.4) is 0 Å². The number of hydrogen-bond acceptors (Lipinski definition) is 4. The van der Waals surface area contributed by atoms with Gasteiger partial charge in [-0.25, -0.2) is 4.79 Å². The highest BCUT2D eigenvalue weighted by Crippen LogP contribution is 2.35. The standard InChI is InChI=1S/C15H17ClO5/c16-13-2-1-10(7-12(13)14(17)18)21-11-3-5-20-15(8-11)4-6-19-9-15/h1-2,7,11H,3-6,8-9H2,(H,17,18). The topological polar surface area (TPSA) is 65.0 Å². The van der Waals surface area contributed by atoms with Crippen molar-refractivity contribution in [1.82, 2.24) is 0 Å². The largest absolute Gasteiger partial charge is 0.490 e. The van der Waals surface area contributed by atoms with E-state index in [1.54, 1.807) is 12.1 Å². The lowest BCUT2D eigenvalue weighted by Crippen LogP contribution is -2.44. The molecule has 2 fully saturated rings. The highest BCUT2D eigenvalue weighted by molar-refractivity contribution is 6.33. The molecule has 5 nitrogen and oxygen atoms in total. The van der Waals surface area contributed by atoms with Crippen LogP contribution in [0.2, 0.25) is 5.02 Å². The molecule has 2 heterocycles. The van der Waals surface area contributed by atoms with E-state index in [4.69, 9.17) is 30.9 Å². The van der Waals surface area contributed by atoms with Crippen molar-refractivity contribution in [2.75, 3.05) is 19.8 Å². The van der Waals surface area contributed by atoms with Gasteiger partial charge in [-0.1, -0.05) is 11.6 Å². The van der Waals surface area contributed by atoms with Crippen LogP contribution in [0.25, 0.3) is 0 Å². The maximum absolute atomic E-state index is 11.1. The molecule has 21 heavy (non-hydrogen) atoms. The van der Waals surface area contributed by atoms with Crippen molar-refractivity contribution < 1.29 is 24.1 Å². The van der Waals surface area contributed by atoms with Crippen molar-refractivity contribution in [1.29, 1.82) is 0 Å². The van der Waals surface area contributed by atoms with Gasteiger partial charge in [-0.15, -0.1) is 0 Å². The fraction of sp³-hybridized carbons (Fsp3) is 0.533. The summed E-state index contributed by atoms with van der Waals surface area (Å²) >= 11 is 5.86. The van der Waals surface area contributed by atoms with Crippen LogP contribution in [0.4, 0.5) is 0 Å². The average Bonchev–Trinajstić information content (AvgIpc) is 2.88. The van der Waals surface area contributed by atoms with Gasteiger partial charge in [0.2, 0.25) is 0 Å². The molecule has 1 N–H and O–H groups in total. The molecule has 3 rings (SSSR count). The minimum absolute atomic E-state index is 0.00303. The lowest BCUT2D eigenvalue weighted by molar-refractivity contribution is -0.112. The normalized spacial score (nSPS) is 28.7. The molecule has 0 aromatic heterocycles. The summed E-state index contributed by atoms with van der Waals surface area (Å²) in [6, 6.07) is 4.72. The molecule has 6 heteroatoms. The first-order valence-corrected chi connectivity index (χ1v) is 7.37. The number of halogens is 1. The Morgan fingerprint density at radius 1 is 1.43 bits per heavy atom. The summed E-state index contributed by atoms with van der Waals surface area (Å²) < 4.78 is 17.2. The minimum Gasteiger partial charge on any atom is -0.490 e. The molecule has 2 saturated heterocycles. The summed E-state index contributed by atoms with van der Waals surface area (Å²) in [5.41, 5.74) is -0.175. The highest BCUT2D eigenvalue weighted by Gasteiger charge is 2.41. The third kappa shape index (κ3) is 3.15. The van der Waals surface area contributed by atoms with E-state index in [2.05, 4.69) is 0 Å². The Kier molecular flexibility index (Phi) is 4.06. The number of benzene rings is 1. The van der Waals surface area contributed by atoms with Gasteiger partial charge in [0.25, 0.3) is 0 Å². The van der Waals surface area contributed by atoms with Gasteiger partial charge in [0, 0.05) is 25.9 Å². The second-order valence-electron chi connectivity index (χ2n) is 5.51. The zero-order chi connectivity index (χ0) is 14.9. The Hall–Kier alpha value is -1.30. The van der Waals surface area contributed by atoms with Crippen LogP contribution in [0.15, 0.2) is 18.2 Å². The van der Waals surface area contributed by atoms with E-state index in [0.717, 1.165) is 25.9 Å². The first-order valence-electron chi connectivity index (χ1n) is 6.99. The second kappa shape index (κ2) is 5.83. The Morgan fingerprint density at radius 2 is 2.29 bits per heavy atom. The Balaban J connectivity index is 1.71. The summed E-state index contributed by atoms with van der Waals surface area (Å²) in [6.45, 7) is 1.96. The smallest absolute Gasteiger partial charge is 0.337 e. The van der Waals surface area contributed by atoms with Crippen LogP contribution in [-0.2, 0) is 9.47 Å². The Bertz CT molecular complexity index is 539. The lowest BCUT2D eigenvalue weighted by atomic mass is 9.91. The van der Waals surface area contributed by atoms with Gasteiger partial charge in [0.1, 0.15) is 11.9 Å². The zero-order valence-corrected chi connectivity index (χ0v) is 12.3. The SMILES string of the molecule is O=C(O)c1cc(OC2CCOC3(CCOC3)C2)ccc1Cl. The zero-order valence-electron chi connectivity index (χ0n) is 11.5. The van der Waals surface area contributed by atoms with E-state index in [-0.39, 0.29) is 22.3 Å². The lowest BCUT2D eigenvalue weighted by Gasteiger charge is -2.37. The van der Waals surface area contributed by atoms with Crippen molar-refractivity contribution in [2.24, 2.45) is 0 Å². The Labute approximate surface area is 127 Å². The number of ether oxygens (including phenoxy) is 3. The summed E-state index contributed by atoms with van der Waals surface area (Å²) in [7, 11) is 0.